The molecule has 0 atom stereocenters. The fourth-order valence-electron chi connectivity index (χ4n) is 3.53. The summed E-state index contributed by atoms with van der Waals surface area (Å²) in [6, 6.07) is 7.38. The Kier molecular flexibility index (Phi) is 6.05. The number of benzene rings is 1. The first-order valence-electron chi connectivity index (χ1n) is 9.81. The van der Waals surface area contributed by atoms with Crippen molar-refractivity contribution in [3.8, 4) is 5.75 Å². The number of H-pyrrole nitrogens is 1. The van der Waals surface area contributed by atoms with E-state index in [0.29, 0.717) is 42.6 Å². The van der Waals surface area contributed by atoms with Crippen LogP contribution >= 0.6 is 0 Å². The van der Waals surface area contributed by atoms with Gasteiger partial charge in [-0.3, -0.25) is 19.2 Å². The van der Waals surface area contributed by atoms with Crippen LogP contribution in [0.25, 0.3) is 0 Å². The summed E-state index contributed by atoms with van der Waals surface area (Å²) < 4.78 is 0. The number of rotatable bonds is 6. The highest BCUT2D eigenvalue weighted by molar-refractivity contribution is 6.02. The quantitative estimate of drug-likeness (QED) is 0.539. The predicted molar refractivity (Wildman–Crippen MR) is 111 cm³/mol. The molecule has 158 valence electrons. The molecule has 2 aromatic rings. The molecule has 30 heavy (non-hydrogen) atoms. The Morgan fingerprint density at radius 3 is 2.47 bits per heavy atom. The first kappa shape index (κ1) is 21.3. The summed E-state index contributed by atoms with van der Waals surface area (Å²) in [4.78, 5) is 51.7. The highest BCUT2D eigenvalue weighted by Gasteiger charge is 2.32. The van der Waals surface area contributed by atoms with Gasteiger partial charge in [0.05, 0.1) is 0 Å². The Labute approximate surface area is 173 Å². The summed E-state index contributed by atoms with van der Waals surface area (Å²) in [6.45, 7) is 4.48. The van der Waals surface area contributed by atoms with Crippen molar-refractivity contribution in [2.24, 2.45) is 5.41 Å². The largest absolute Gasteiger partial charge is 0.508 e. The normalized spacial score (nSPS) is 14.7. The number of Topliss-reactive ketones (excluding diaryl/α,β-unsaturated/α-hetero) is 1. The molecular formula is C22H25N3O5. The lowest BCUT2D eigenvalue weighted by Crippen LogP contribution is -2.35. The maximum atomic E-state index is 12.4. The van der Waals surface area contributed by atoms with E-state index >= 15 is 0 Å². The minimum Gasteiger partial charge on any atom is -0.508 e. The SMILES string of the molecule is CC1(C)CC(=O)c2cc(C(=O)NCCCNC(=O)c3cccc(O)c3)c(=O)[nH]c2C1. The standard InChI is InChI=1S/C22H25N3O5/c1-22(2)11-17-15(18(27)12-22)10-16(21(30)25-17)20(29)24-8-4-7-23-19(28)13-5-3-6-14(26)9-13/h3,5-6,9-10,26H,4,7-8,11-12H2,1-2H3,(H,23,28)(H,24,29)(H,25,30). The number of hydrogen-bond donors (Lipinski definition) is 4. The number of aromatic amines is 1. The summed E-state index contributed by atoms with van der Waals surface area (Å²) in [5.41, 5.74) is 0.483. The monoisotopic (exact) mass is 411 g/mol. The summed E-state index contributed by atoms with van der Waals surface area (Å²) in [5, 5.41) is 14.7. The zero-order valence-corrected chi connectivity index (χ0v) is 17.0. The molecule has 3 rings (SSSR count). The number of aromatic hydroxyl groups is 1. The predicted octanol–water partition coefficient (Wildman–Crippen LogP) is 1.79. The molecule has 0 saturated carbocycles. The summed E-state index contributed by atoms with van der Waals surface area (Å²) in [5.74, 6) is -0.964. The molecule has 4 N–H and O–H groups in total. The van der Waals surface area contributed by atoms with Gasteiger partial charge < -0.3 is 20.7 Å². The fraction of sp³-hybridized carbons (Fsp3) is 0.364. The number of hydrogen-bond acceptors (Lipinski definition) is 5. The Bertz CT molecular complexity index is 1050. The number of phenols is 1. The van der Waals surface area contributed by atoms with E-state index in [0.717, 1.165) is 0 Å². The first-order valence-corrected chi connectivity index (χ1v) is 9.81. The number of carbonyl (C=O) groups is 3. The maximum Gasteiger partial charge on any atom is 0.261 e. The maximum absolute atomic E-state index is 12.4. The molecule has 1 aromatic heterocycles. The van der Waals surface area contributed by atoms with Crippen LogP contribution in [0.1, 0.15) is 63.5 Å². The smallest absolute Gasteiger partial charge is 0.261 e. The second kappa shape index (κ2) is 8.52. The molecule has 0 spiro atoms. The average Bonchev–Trinajstić information content (AvgIpc) is 2.66. The van der Waals surface area contributed by atoms with Gasteiger partial charge in [-0.15, -0.1) is 0 Å². The third-order valence-electron chi connectivity index (χ3n) is 5.00. The lowest BCUT2D eigenvalue weighted by molar-refractivity contribution is 0.0908. The Morgan fingerprint density at radius 2 is 1.77 bits per heavy atom. The van der Waals surface area contributed by atoms with Gasteiger partial charge in [0.25, 0.3) is 17.4 Å². The molecule has 0 saturated heterocycles. The molecule has 8 nitrogen and oxygen atoms in total. The number of amides is 2. The lowest BCUT2D eigenvalue weighted by Gasteiger charge is -2.29. The van der Waals surface area contributed by atoms with E-state index < -0.39 is 11.5 Å². The molecule has 0 fully saturated rings. The molecule has 2 amide bonds. The number of aromatic nitrogens is 1. The molecular weight excluding hydrogens is 386 g/mol. The van der Waals surface area contributed by atoms with Crippen LogP contribution in [0.4, 0.5) is 0 Å². The van der Waals surface area contributed by atoms with Crippen molar-refractivity contribution in [1.29, 1.82) is 0 Å². The van der Waals surface area contributed by atoms with Crippen LogP contribution in [0.5, 0.6) is 5.75 Å². The highest BCUT2D eigenvalue weighted by atomic mass is 16.3. The molecule has 0 bridgehead atoms. The van der Waals surface area contributed by atoms with Gasteiger partial charge in [0.1, 0.15) is 11.3 Å². The molecule has 8 heteroatoms. The van der Waals surface area contributed by atoms with Crippen molar-refractivity contribution in [3.05, 3.63) is 63.1 Å². The van der Waals surface area contributed by atoms with Crippen LogP contribution in [-0.2, 0) is 6.42 Å². The van der Waals surface area contributed by atoms with Gasteiger partial charge in [-0.1, -0.05) is 19.9 Å². The molecule has 0 aliphatic heterocycles. The van der Waals surface area contributed by atoms with Crippen LogP contribution < -0.4 is 16.2 Å². The molecule has 1 heterocycles. The van der Waals surface area contributed by atoms with E-state index in [-0.39, 0.29) is 35.0 Å². The van der Waals surface area contributed by atoms with Crippen molar-refractivity contribution in [2.75, 3.05) is 13.1 Å². The Morgan fingerprint density at radius 1 is 1.07 bits per heavy atom. The van der Waals surface area contributed by atoms with Gasteiger partial charge >= 0.3 is 0 Å². The number of ketones is 1. The molecule has 1 aliphatic carbocycles. The minimum absolute atomic E-state index is 0.00669. The molecule has 0 unspecified atom stereocenters. The van der Waals surface area contributed by atoms with Crippen LogP contribution in [0.2, 0.25) is 0 Å². The molecule has 0 radical (unpaired) electrons. The van der Waals surface area contributed by atoms with E-state index in [9.17, 15) is 24.3 Å². The number of nitrogens with one attached hydrogen (secondary N) is 3. The van der Waals surface area contributed by atoms with E-state index in [1.807, 2.05) is 13.8 Å². The Hall–Kier alpha value is -3.42. The molecule has 1 aromatic carbocycles. The zero-order chi connectivity index (χ0) is 21.9. The highest BCUT2D eigenvalue weighted by Crippen LogP contribution is 2.33. The summed E-state index contributed by atoms with van der Waals surface area (Å²) in [7, 11) is 0. The van der Waals surface area contributed by atoms with E-state index in [4.69, 9.17) is 0 Å². The number of carbonyl (C=O) groups excluding carboxylic acids is 3. The lowest BCUT2D eigenvalue weighted by atomic mass is 9.75. The number of pyridine rings is 1. The van der Waals surface area contributed by atoms with E-state index in [1.54, 1.807) is 12.1 Å². The fourth-order valence-corrected chi connectivity index (χ4v) is 3.53. The van der Waals surface area contributed by atoms with Gasteiger partial charge in [-0.25, -0.2) is 0 Å². The van der Waals surface area contributed by atoms with Crippen LogP contribution in [-0.4, -0.2) is 40.8 Å². The van der Waals surface area contributed by atoms with Crippen molar-refractivity contribution >= 4 is 17.6 Å². The van der Waals surface area contributed by atoms with Crippen LogP contribution in [0, 0.1) is 5.41 Å². The molecule has 1 aliphatic rings. The van der Waals surface area contributed by atoms with Crippen LogP contribution in [0.3, 0.4) is 0 Å². The first-order chi connectivity index (χ1) is 14.2. The average molecular weight is 411 g/mol. The summed E-state index contributed by atoms with van der Waals surface area (Å²) in [6.07, 6.45) is 1.39. The minimum atomic E-state index is -0.559. The van der Waals surface area contributed by atoms with Crippen molar-refractivity contribution in [3.63, 3.8) is 0 Å². The zero-order valence-electron chi connectivity index (χ0n) is 17.0. The van der Waals surface area contributed by atoms with Crippen molar-refractivity contribution in [1.82, 2.24) is 15.6 Å². The second-order valence-corrected chi connectivity index (χ2v) is 8.26. The third kappa shape index (κ3) is 4.94. The van der Waals surface area contributed by atoms with Gasteiger partial charge in [0, 0.05) is 36.3 Å². The van der Waals surface area contributed by atoms with E-state index in [2.05, 4.69) is 15.6 Å². The van der Waals surface area contributed by atoms with Gasteiger partial charge in [0.2, 0.25) is 0 Å². The second-order valence-electron chi connectivity index (χ2n) is 8.26. The summed E-state index contributed by atoms with van der Waals surface area (Å²) >= 11 is 0. The third-order valence-corrected chi connectivity index (χ3v) is 5.00. The van der Waals surface area contributed by atoms with Gasteiger partial charge in [0.15, 0.2) is 5.78 Å². The van der Waals surface area contributed by atoms with E-state index in [1.165, 1.54) is 18.2 Å². The van der Waals surface area contributed by atoms with Crippen molar-refractivity contribution in [2.45, 2.75) is 33.1 Å². The number of fused-ring (bicyclic) bond motifs is 1. The van der Waals surface area contributed by atoms with Gasteiger partial charge in [-0.05, 0) is 42.5 Å². The van der Waals surface area contributed by atoms with Gasteiger partial charge in [-0.2, -0.15) is 0 Å². The topological polar surface area (TPSA) is 128 Å². The number of phenolic OH excluding ortho intramolecular Hbond substituents is 1. The van der Waals surface area contributed by atoms with Crippen LogP contribution in [0.15, 0.2) is 35.1 Å². The Balaban J connectivity index is 1.53. The van der Waals surface area contributed by atoms with Crippen molar-refractivity contribution < 1.29 is 19.5 Å².